The van der Waals surface area contributed by atoms with Crippen LogP contribution in [0.25, 0.3) is 0 Å². The van der Waals surface area contributed by atoms with Crippen molar-refractivity contribution in [3.63, 3.8) is 0 Å². The number of hydrogen-bond donors (Lipinski definition) is 1. The van der Waals surface area contributed by atoms with Crippen molar-refractivity contribution in [2.45, 2.75) is 31.2 Å². The molecule has 0 aliphatic carbocycles. The molecule has 0 radical (unpaired) electrons. The summed E-state index contributed by atoms with van der Waals surface area (Å²) in [5.74, 6) is 1.20. The first kappa shape index (κ1) is 14.7. The van der Waals surface area contributed by atoms with Crippen LogP contribution >= 0.6 is 11.8 Å². The molecule has 4 heteroatoms. The molecule has 1 saturated heterocycles. The molecule has 2 unspecified atom stereocenters. The second kappa shape index (κ2) is 7.78. The van der Waals surface area contributed by atoms with Gasteiger partial charge in [-0.25, -0.2) is 0 Å². The minimum atomic E-state index is 0.602. The zero-order chi connectivity index (χ0) is 13.5. The van der Waals surface area contributed by atoms with E-state index in [1.165, 1.54) is 23.4 Å². The Kier molecular flexibility index (Phi) is 6.01. The van der Waals surface area contributed by atoms with E-state index in [-0.39, 0.29) is 0 Å². The predicted molar refractivity (Wildman–Crippen MR) is 81.9 cm³/mol. The molecule has 3 nitrogen and oxygen atoms in total. The third kappa shape index (κ3) is 5.05. The van der Waals surface area contributed by atoms with E-state index in [2.05, 4.69) is 36.5 Å². The van der Waals surface area contributed by atoms with Crippen molar-refractivity contribution in [2.24, 2.45) is 0 Å². The van der Waals surface area contributed by atoms with Crippen LogP contribution < -0.4 is 5.32 Å². The van der Waals surface area contributed by atoms with Gasteiger partial charge in [0.05, 0.1) is 19.8 Å². The summed E-state index contributed by atoms with van der Waals surface area (Å²) in [4.78, 5) is 0. The van der Waals surface area contributed by atoms with E-state index in [0.29, 0.717) is 25.9 Å². The van der Waals surface area contributed by atoms with Gasteiger partial charge < -0.3 is 14.8 Å². The molecule has 2 atom stereocenters. The lowest BCUT2D eigenvalue weighted by molar-refractivity contribution is 0.0617. The van der Waals surface area contributed by atoms with Crippen molar-refractivity contribution < 1.29 is 9.47 Å². The third-order valence-corrected chi connectivity index (χ3v) is 4.55. The van der Waals surface area contributed by atoms with E-state index in [4.69, 9.17) is 9.47 Å². The molecule has 0 aromatic heterocycles. The van der Waals surface area contributed by atoms with Gasteiger partial charge in [0.1, 0.15) is 0 Å². The lowest BCUT2D eigenvalue weighted by Gasteiger charge is -2.14. The Labute approximate surface area is 120 Å². The molecule has 0 amide bonds. The summed E-state index contributed by atoms with van der Waals surface area (Å²) in [6, 6.07) is 9.10. The molecule has 0 saturated carbocycles. The van der Waals surface area contributed by atoms with Crippen molar-refractivity contribution in [1.29, 1.82) is 0 Å². The smallest absolute Gasteiger partial charge is 0.0718 e. The zero-order valence-corrected chi connectivity index (χ0v) is 12.5. The molecule has 1 N–H and O–H groups in total. The topological polar surface area (TPSA) is 30.5 Å². The van der Waals surface area contributed by atoms with Crippen LogP contribution in [0.2, 0.25) is 0 Å². The molecule has 2 rings (SSSR count). The lowest BCUT2D eigenvalue weighted by atomic mass is 10.1. The number of anilines is 1. The number of thioether (sulfide) groups is 1. The molecule has 1 heterocycles. The van der Waals surface area contributed by atoms with Crippen LogP contribution in [-0.4, -0.2) is 37.4 Å². The SMILES string of the molecule is COCCOCc1cccc(NC2CSC(C)C2)c1. The van der Waals surface area contributed by atoms with E-state index in [1.807, 2.05) is 11.8 Å². The summed E-state index contributed by atoms with van der Waals surface area (Å²) in [5.41, 5.74) is 2.41. The van der Waals surface area contributed by atoms with Crippen molar-refractivity contribution in [3.05, 3.63) is 29.8 Å². The van der Waals surface area contributed by atoms with Gasteiger partial charge in [-0.1, -0.05) is 19.1 Å². The maximum atomic E-state index is 5.55. The van der Waals surface area contributed by atoms with E-state index >= 15 is 0 Å². The van der Waals surface area contributed by atoms with Gasteiger partial charge in [0, 0.05) is 29.8 Å². The molecule has 1 aromatic rings. The molecule has 1 aromatic carbocycles. The highest BCUT2D eigenvalue weighted by Crippen LogP contribution is 2.28. The zero-order valence-electron chi connectivity index (χ0n) is 11.7. The largest absolute Gasteiger partial charge is 0.382 e. The first-order chi connectivity index (χ1) is 9.28. The summed E-state index contributed by atoms with van der Waals surface area (Å²) in [6.07, 6.45) is 1.25. The standard InChI is InChI=1S/C15H23NO2S/c1-12-8-15(11-19-12)16-14-5-3-4-13(9-14)10-18-7-6-17-2/h3-5,9,12,15-16H,6-8,10-11H2,1-2H3. The molecule has 0 spiro atoms. The van der Waals surface area contributed by atoms with E-state index in [0.717, 1.165) is 5.25 Å². The number of rotatable bonds is 7. The van der Waals surface area contributed by atoms with Crippen LogP contribution in [0.15, 0.2) is 24.3 Å². The summed E-state index contributed by atoms with van der Waals surface area (Å²) in [7, 11) is 1.69. The quantitative estimate of drug-likeness (QED) is 0.778. The Morgan fingerprint density at radius 1 is 1.37 bits per heavy atom. The highest BCUT2D eigenvalue weighted by atomic mass is 32.2. The van der Waals surface area contributed by atoms with Gasteiger partial charge in [-0.2, -0.15) is 11.8 Å². The fraction of sp³-hybridized carbons (Fsp3) is 0.600. The Hall–Kier alpha value is -0.710. The van der Waals surface area contributed by atoms with Crippen molar-refractivity contribution >= 4 is 17.4 Å². The Morgan fingerprint density at radius 2 is 2.26 bits per heavy atom. The maximum Gasteiger partial charge on any atom is 0.0718 e. The van der Waals surface area contributed by atoms with Crippen molar-refractivity contribution in [3.8, 4) is 0 Å². The van der Waals surface area contributed by atoms with Crippen LogP contribution in [0.4, 0.5) is 5.69 Å². The van der Waals surface area contributed by atoms with Crippen LogP contribution in [0.5, 0.6) is 0 Å². The molecule has 19 heavy (non-hydrogen) atoms. The Morgan fingerprint density at radius 3 is 3.00 bits per heavy atom. The highest BCUT2D eigenvalue weighted by Gasteiger charge is 2.21. The summed E-state index contributed by atoms with van der Waals surface area (Å²) in [5, 5.41) is 4.39. The summed E-state index contributed by atoms with van der Waals surface area (Å²) >= 11 is 2.05. The number of hydrogen-bond acceptors (Lipinski definition) is 4. The molecular weight excluding hydrogens is 258 g/mol. The van der Waals surface area contributed by atoms with Gasteiger partial charge >= 0.3 is 0 Å². The number of benzene rings is 1. The molecular formula is C15H23NO2S. The Balaban J connectivity index is 1.81. The van der Waals surface area contributed by atoms with E-state index in [1.54, 1.807) is 7.11 Å². The second-order valence-electron chi connectivity index (χ2n) is 4.97. The summed E-state index contributed by atoms with van der Waals surface area (Å²) in [6.45, 7) is 4.24. The average molecular weight is 281 g/mol. The first-order valence-corrected chi connectivity index (χ1v) is 7.86. The fourth-order valence-electron chi connectivity index (χ4n) is 2.24. The lowest BCUT2D eigenvalue weighted by Crippen LogP contribution is -2.18. The molecule has 1 fully saturated rings. The number of methoxy groups -OCH3 is 1. The van der Waals surface area contributed by atoms with Crippen LogP contribution in [0.3, 0.4) is 0 Å². The van der Waals surface area contributed by atoms with E-state index < -0.39 is 0 Å². The second-order valence-corrected chi connectivity index (χ2v) is 6.44. The molecule has 1 aliphatic rings. The maximum absolute atomic E-state index is 5.55. The Bertz CT molecular complexity index is 386. The number of nitrogens with one attached hydrogen (secondary N) is 1. The monoisotopic (exact) mass is 281 g/mol. The van der Waals surface area contributed by atoms with Crippen LogP contribution in [0.1, 0.15) is 18.9 Å². The van der Waals surface area contributed by atoms with Gasteiger partial charge in [0.25, 0.3) is 0 Å². The van der Waals surface area contributed by atoms with Gasteiger partial charge in [-0.3, -0.25) is 0 Å². The minimum absolute atomic E-state index is 0.602. The van der Waals surface area contributed by atoms with Gasteiger partial charge in [-0.05, 0) is 24.1 Å². The highest BCUT2D eigenvalue weighted by molar-refractivity contribution is 8.00. The minimum Gasteiger partial charge on any atom is -0.382 e. The van der Waals surface area contributed by atoms with E-state index in [9.17, 15) is 0 Å². The first-order valence-electron chi connectivity index (χ1n) is 6.81. The third-order valence-electron chi connectivity index (χ3n) is 3.20. The predicted octanol–water partition coefficient (Wildman–Crippen LogP) is 3.16. The average Bonchev–Trinajstić information content (AvgIpc) is 2.81. The fourth-order valence-corrected chi connectivity index (χ4v) is 3.39. The van der Waals surface area contributed by atoms with Crippen LogP contribution in [-0.2, 0) is 16.1 Å². The van der Waals surface area contributed by atoms with Gasteiger partial charge in [0.2, 0.25) is 0 Å². The number of ether oxygens (including phenoxy) is 2. The molecule has 0 bridgehead atoms. The van der Waals surface area contributed by atoms with Crippen molar-refractivity contribution in [1.82, 2.24) is 0 Å². The summed E-state index contributed by atoms with van der Waals surface area (Å²) < 4.78 is 10.5. The van der Waals surface area contributed by atoms with Gasteiger partial charge in [0.15, 0.2) is 0 Å². The molecule has 1 aliphatic heterocycles. The van der Waals surface area contributed by atoms with Crippen molar-refractivity contribution in [2.75, 3.05) is 31.4 Å². The van der Waals surface area contributed by atoms with Gasteiger partial charge in [-0.15, -0.1) is 0 Å². The molecule has 106 valence electrons. The van der Waals surface area contributed by atoms with Crippen LogP contribution in [0, 0.1) is 0 Å². The normalized spacial score (nSPS) is 22.6.